The molecule has 25 heavy (non-hydrogen) atoms. The van der Waals surface area contributed by atoms with Crippen molar-refractivity contribution in [3.63, 3.8) is 0 Å². The number of aromatic nitrogens is 2. The number of likely N-dealkylation sites (tertiary alicyclic amines) is 1. The number of hydrogen-bond donors (Lipinski definition) is 1. The second kappa shape index (κ2) is 6.33. The fourth-order valence-electron chi connectivity index (χ4n) is 4.36. The second-order valence-electron chi connectivity index (χ2n) is 7.54. The molecule has 3 heterocycles. The summed E-state index contributed by atoms with van der Waals surface area (Å²) in [7, 11) is 2.09. The number of imidazole rings is 1. The minimum atomic E-state index is 0.0993. The van der Waals surface area contributed by atoms with Crippen molar-refractivity contribution in [2.24, 2.45) is 7.05 Å². The minimum absolute atomic E-state index is 0.0993. The third kappa shape index (κ3) is 2.88. The van der Waals surface area contributed by atoms with Crippen LogP contribution >= 0.6 is 0 Å². The molecule has 2 atom stereocenters. The average Bonchev–Trinajstić information content (AvgIpc) is 3.09. The lowest BCUT2D eigenvalue weighted by atomic mass is 9.99. The third-order valence-electron chi connectivity index (χ3n) is 5.65. The molecule has 1 aromatic carbocycles. The van der Waals surface area contributed by atoms with Gasteiger partial charge >= 0.3 is 6.03 Å². The number of benzene rings is 1. The molecule has 0 saturated carbocycles. The zero-order chi connectivity index (χ0) is 17.6. The van der Waals surface area contributed by atoms with Crippen LogP contribution < -0.4 is 5.32 Å². The van der Waals surface area contributed by atoms with Gasteiger partial charge in [-0.3, -0.25) is 0 Å². The summed E-state index contributed by atoms with van der Waals surface area (Å²) < 4.78 is 2.19. The van der Waals surface area contributed by atoms with E-state index in [0.717, 1.165) is 43.8 Å². The van der Waals surface area contributed by atoms with E-state index < -0.39 is 0 Å². The van der Waals surface area contributed by atoms with Gasteiger partial charge < -0.3 is 19.7 Å². The van der Waals surface area contributed by atoms with Crippen LogP contribution in [0.25, 0.3) is 11.0 Å². The van der Waals surface area contributed by atoms with Gasteiger partial charge in [0.2, 0.25) is 0 Å². The summed E-state index contributed by atoms with van der Waals surface area (Å²) in [5.74, 6) is 1.13. The molecule has 0 unspecified atom stereocenters. The first kappa shape index (κ1) is 16.4. The van der Waals surface area contributed by atoms with Gasteiger partial charge in [-0.1, -0.05) is 12.1 Å². The lowest BCUT2D eigenvalue weighted by molar-refractivity contribution is 0.126. The van der Waals surface area contributed by atoms with E-state index in [0.29, 0.717) is 6.04 Å². The van der Waals surface area contributed by atoms with Crippen LogP contribution in [0.5, 0.6) is 0 Å². The van der Waals surface area contributed by atoms with Gasteiger partial charge in [0.1, 0.15) is 5.82 Å². The van der Waals surface area contributed by atoms with Crippen molar-refractivity contribution >= 4 is 17.1 Å². The highest BCUT2D eigenvalue weighted by Crippen LogP contribution is 2.25. The van der Waals surface area contributed by atoms with Crippen LogP contribution in [0.2, 0.25) is 0 Å². The van der Waals surface area contributed by atoms with Crippen LogP contribution in [0.15, 0.2) is 24.3 Å². The molecular formula is C19H27N5O. The SMILES string of the molecule is CC(C)N1C(=O)N[C@@H]2CN(CCc3nc4ccccc4n3C)CC[C@@H]21. The van der Waals surface area contributed by atoms with E-state index in [2.05, 4.69) is 53.9 Å². The number of para-hydroxylation sites is 2. The number of urea groups is 1. The van der Waals surface area contributed by atoms with Crippen molar-refractivity contribution in [3.8, 4) is 0 Å². The number of amides is 2. The Hall–Kier alpha value is -2.08. The Morgan fingerprint density at radius 1 is 1.32 bits per heavy atom. The van der Waals surface area contributed by atoms with Crippen LogP contribution in [0.3, 0.4) is 0 Å². The molecule has 0 spiro atoms. The number of carbonyl (C=O) groups is 1. The molecule has 2 aromatic rings. The van der Waals surface area contributed by atoms with Gasteiger partial charge in [0, 0.05) is 39.1 Å². The van der Waals surface area contributed by atoms with Crippen molar-refractivity contribution in [3.05, 3.63) is 30.1 Å². The molecule has 2 fully saturated rings. The van der Waals surface area contributed by atoms with E-state index in [1.54, 1.807) is 0 Å². The van der Waals surface area contributed by atoms with Crippen molar-refractivity contribution < 1.29 is 4.79 Å². The number of piperidine rings is 1. The Bertz CT molecular complexity index is 783. The van der Waals surface area contributed by atoms with E-state index in [-0.39, 0.29) is 18.1 Å². The van der Waals surface area contributed by atoms with Crippen molar-refractivity contribution in [2.75, 3.05) is 19.6 Å². The number of fused-ring (bicyclic) bond motifs is 2. The Kier molecular flexibility index (Phi) is 4.15. The van der Waals surface area contributed by atoms with E-state index >= 15 is 0 Å². The summed E-state index contributed by atoms with van der Waals surface area (Å²) >= 11 is 0. The molecule has 2 amide bonds. The van der Waals surface area contributed by atoms with Crippen molar-refractivity contribution in [2.45, 2.75) is 44.8 Å². The number of nitrogens with zero attached hydrogens (tertiary/aromatic N) is 4. The maximum Gasteiger partial charge on any atom is 0.318 e. The molecule has 0 bridgehead atoms. The first-order chi connectivity index (χ1) is 12.0. The fourth-order valence-corrected chi connectivity index (χ4v) is 4.36. The molecule has 1 aromatic heterocycles. The topological polar surface area (TPSA) is 53.4 Å². The van der Waals surface area contributed by atoms with Gasteiger partial charge in [0.25, 0.3) is 0 Å². The number of aryl methyl sites for hydroxylation is 1. The highest BCUT2D eigenvalue weighted by molar-refractivity contribution is 5.78. The first-order valence-corrected chi connectivity index (χ1v) is 9.26. The zero-order valence-electron chi connectivity index (χ0n) is 15.3. The molecule has 2 saturated heterocycles. The van der Waals surface area contributed by atoms with Crippen LogP contribution in [0.1, 0.15) is 26.1 Å². The highest BCUT2D eigenvalue weighted by atomic mass is 16.2. The summed E-state index contributed by atoms with van der Waals surface area (Å²) in [6.07, 6.45) is 1.98. The molecule has 6 nitrogen and oxygen atoms in total. The highest BCUT2D eigenvalue weighted by Gasteiger charge is 2.43. The predicted molar refractivity (Wildman–Crippen MR) is 98.6 cm³/mol. The van der Waals surface area contributed by atoms with Crippen LogP contribution in [0.4, 0.5) is 4.79 Å². The zero-order valence-corrected chi connectivity index (χ0v) is 15.3. The van der Waals surface area contributed by atoms with Gasteiger partial charge in [0.15, 0.2) is 0 Å². The Balaban J connectivity index is 1.40. The summed E-state index contributed by atoms with van der Waals surface area (Å²) in [6.45, 7) is 7.16. The molecule has 2 aliphatic heterocycles. The van der Waals surface area contributed by atoms with E-state index in [4.69, 9.17) is 4.98 Å². The molecule has 6 heteroatoms. The van der Waals surface area contributed by atoms with Gasteiger partial charge in [-0.2, -0.15) is 0 Å². The largest absolute Gasteiger partial charge is 0.332 e. The molecule has 4 rings (SSSR count). The predicted octanol–water partition coefficient (Wildman–Crippen LogP) is 1.99. The Morgan fingerprint density at radius 2 is 2.12 bits per heavy atom. The van der Waals surface area contributed by atoms with Crippen molar-refractivity contribution in [1.82, 2.24) is 24.7 Å². The molecule has 1 N–H and O–H groups in total. The van der Waals surface area contributed by atoms with Gasteiger partial charge in [-0.25, -0.2) is 9.78 Å². The van der Waals surface area contributed by atoms with E-state index in [1.165, 1.54) is 5.52 Å². The quantitative estimate of drug-likeness (QED) is 0.925. The third-order valence-corrected chi connectivity index (χ3v) is 5.65. The van der Waals surface area contributed by atoms with Crippen LogP contribution in [-0.2, 0) is 13.5 Å². The monoisotopic (exact) mass is 341 g/mol. The fraction of sp³-hybridized carbons (Fsp3) is 0.579. The second-order valence-corrected chi connectivity index (χ2v) is 7.54. The number of nitrogens with one attached hydrogen (secondary N) is 1. The number of hydrogen-bond acceptors (Lipinski definition) is 3. The molecule has 0 radical (unpaired) electrons. The maximum absolute atomic E-state index is 12.2. The van der Waals surface area contributed by atoms with Crippen LogP contribution in [0, 0.1) is 0 Å². The van der Waals surface area contributed by atoms with Gasteiger partial charge in [-0.05, 0) is 32.4 Å². The van der Waals surface area contributed by atoms with Gasteiger partial charge in [-0.15, -0.1) is 0 Å². The first-order valence-electron chi connectivity index (χ1n) is 9.26. The average molecular weight is 341 g/mol. The Morgan fingerprint density at radius 3 is 2.88 bits per heavy atom. The molecule has 0 aliphatic carbocycles. The molecular weight excluding hydrogens is 314 g/mol. The number of carbonyl (C=O) groups excluding carboxylic acids is 1. The molecule has 2 aliphatic rings. The van der Waals surface area contributed by atoms with Crippen LogP contribution in [-0.4, -0.2) is 63.1 Å². The van der Waals surface area contributed by atoms with E-state index in [9.17, 15) is 4.79 Å². The smallest absolute Gasteiger partial charge is 0.318 e. The maximum atomic E-state index is 12.2. The summed E-state index contributed by atoms with van der Waals surface area (Å²) in [5, 5.41) is 3.17. The minimum Gasteiger partial charge on any atom is -0.332 e. The lowest BCUT2D eigenvalue weighted by Crippen LogP contribution is -2.52. The summed E-state index contributed by atoms with van der Waals surface area (Å²) in [6, 6.07) is 9.24. The lowest BCUT2D eigenvalue weighted by Gasteiger charge is -2.37. The summed E-state index contributed by atoms with van der Waals surface area (Å²) in [4.78, 5) is 21.4. The van der Waals surface area contributed by atoms with E-state index in [1.807, 2.05) is 11.0 Å². The number of rotatable bonds is 4. The molecule has 134 valence electrons. The standard InChI is InChI=1S/C19H27N5O/c1-13(2)24-17-8-10-23(12-15(17)21-19(24)25)11-9-18-20-14-6-4-5-7-16(14)22(18)3/h4-7,13,15,17H,8-12H2,1-3H3,(H,21,25)/t15-,17+/m1/s1. The summed E-state index contributed by atoms with van der Waals surface area (Å²) in [5.41, 5.74) is 2.25. The van der Waals surface area contributed by atoms with Crippen molar-refractivity contribution in [1.29, 1.82) is 0 Å². The van der Waals surface area contributed by atoms with Gasteiger partial charge in [0.05, 0.1) is 23.1 Å². The normalized spacial score (nSPS) is 24.2. The Labute approximate surface area is 148 Å².